The van der Waals surface area contributed by atoms with E-state index in [1.807, 2.05) is 109 Å². The summed E-state index contributed by atoms with van der Waals surface area (Å²) in [5.74, 6) is 1.87. The van der Waals surface area contributed by atoms with E-state index in [0.717, 1.165) is 0 Å². The molecule has 3 N–H and O–H groups in total. The van der Waals surface area contributed by atoms with Gasteiger partial charge in [-0.2, -0.15) is 0 Å². The minimum Gasteiger partial charge on any atom is -0.497 e. The maximum atomic E-state index is 14.6. The number of nitrogens with one attached hydrogen (secondary N) is 3. The summed E-state index contributed by atoms with van der Waals surface area (Å²) in [6.45, 7) is -0.994. The van der Waals surface area contributed by atoms with Gasteiger partial charge >= 0.3 is 20.0 Å². The zero-order chi connectivity index (χ0) is 76.8. The number of methoxy groups -OCH3 is 6. The van der Waals surface area contributed by atoms with Crippen molar-refractivity contribution in [1.29, 1.82) is 0 Å². The summed E-state index contributed by atoms with van der Waals surface area (Å²) in [5.41, 5.74) is -1.99. The predicted molar refractivity (Wildman–Crippen MR) is 399 cm³/mol. The van der Waals surface area contributed by atoms with E-state index in [2.05, 4.69) is 30.2 Å². The maximum absolute atomic E-state index is 14.6. The van der Waals surface area contributed by atoms with E-state index in [1.165, 1.54) is 60.5 Å². The zero-order valence-electron chi connectivity index (χ0n) is 60.8. The van der Waals surface area contributed by atoms with Gasteiger partial charge in [0.1, 0.15) is 102 Å². The quantitative estimate of drug-likeness (QED) is 0.0280. The number of H-pyrrole nitrogens is 2. The Kier molecular flexibility index (Phi) is 22.7. The summed E-state index contributed by atoms with van der Waals surface area (Å²) in [6.07, 6.45) is -9.43. The number of imidazole rings is 1. The minimum atomic E-state index is -3.05. The molecule has 4 aliphatic heterocycles. The second-order valence-electron chi connectivity index (χ2n) is 26.2. The van der Waals surface area contributed by atoms with E-state index in [1.54, 1.807) is 112 Å². The fourth-order valence-electron chi connectivity index (χ4n) is 14.6. The van der Waals surface area contributed by atoms with Crippen LogP contribution < -0.4 is 46.8 Å². The number of aromatic nitrogens is 8. The number of fused-ring (bicyclic) bond motifs is 2. The first kappa shape index (κ1) is 75.5. The number of carbonyl (C=O) groups is 1. The van der Waals surface area contributed by atoms with Crippen molar-refractivity contribution in [3.05, 3.63) is 306 Å². The number of hydrogen-bond acceptors (Lipinski definition) is 24. The van der Waals surface area contributed by atoms with Crippen LogP contribution in [0, 0.1) is 0 Å². The molecule has 13 atom stereocenters. The van der Waals surface area contributed by atoms with Crippen LogP contribution in [0.1, 0.15) is 62.4 Å². The Morgan fingerprint density at radius 3 is 1.31 bits per heavy atom. The molecule has 15 rings (SSSR count). The molecule has 1 amide bonds. The molecule has 0 saturated carbocycles. The molecule has 8 heterocycles. The van der Waals surface area contributed by atoms with E-state index in [-0.39, 0.29) is 37.0 Å². The summed E-state index contributed by atoms with van der Waals surface area (Å²) < 4.78 is 112. The molecule has 0 bridgehead atoms. The average molecular weight is 1530 g/mol. The lowest BCUT2D eigenvalue weighted by molar-refractivity contribution is -0.130. The van der Waals surface area contributed by atoms with Gasteiger partial charge in [-0.05, 0) is 94.0 Å². The standard InChI is InChI=1S/C80H78N9O21P/c1-95-42-59-66(69(75(104-59)87-40-38-62(90)84-77(87)93)107-79(49-18-12-8-13-19-49,51-22-30-55(97-3)31-23-51)52-24-32-56(98-4)33-25-52)109-111(103-44-61-65-68(102-47-101-65)74(106-61)89-46-83-64-71(81-45-82-72(64)89)86-73(92)48-16-10-7-11-17-48)110-67-60(43-96-2)105-76(88-41-39-63(91)85-78(88)94)70(67)108-80(50-20-14-9-15-21-50,53-26-34-57(99-5)35-27-53)54-28-36-58(100-6)37-29-54/h7-41,45-46,59-61,65-70,74-76H,42-44,47H2,1-6H3,(H,84,90,93)(H,85,91,94)(H,81,82,86,92)/t59-,60?,61-,65-,66-,67-,68-,69-,70-,74-,75-,76-,111?/m1/s1. The highest BCUT2D eigenvalue weighted by molar-refractivity contribution is 7.41. The molecular formula is C80H78N9O21P. The summed E-state index contributed by atoms with van der Waals surface area (Å²) >= 11 is 0. The van der Waals surface area contributed by atoms with Crippen molar-refractivity contribution in [1.82, 2.24) is 38.6 Å². The van der Waals surface area contributed by atoms with Gasteiger partial charge in [0.25, 0.3) is 17.0 Å². The molecule has 111 heavy (non-hydrogen) atoms. The number of carbonyl (C=O) groups excluding carboxylic acids is 1. The Morgan fingerprint density at radius 1 is 0.468 bits per heavy atom. The van der Waals surface area contributed by atoms with Crippen LogP contribution in [0.5, 0.6) is 23.0 Å². The van der Waals surface area contributed by atoms with Gasteiger partial charge in [0.05, 0.1) is 54.6 Å². The fraction of sp³-hybridized carbons (Fsp3) is 0.300. The van der Waals surface area contributed by atoms with E-state index in [9.17, 15) is 24.0 Å². The SMILES string of the molecule is COCC1O[C@@H](n2ccc(=O)[nH]c2=O)[C@H](OC(c2ccccc2)(c2ccc(OC)cc2)c2ccc(OC)cc2)[C@@H]1OP(OC[C@H]1O[C@@H](n2cnc3c(NC(=O)c4ccccc4)ncnc32)[C@@H]2OCO[C@@H]21)O[C@H]1[C@@H](OC(c2ccccc2)(c2ccc(OC)cc2)c2ccc(OC)cc2)[C@H](n2ccc(=O)[nH]c2=O)O[C@@H]1COC. The third-order valence-corrected chi connectivity index (χ3v) is 21.1. The van der Waals surface area contributed by atoms with Crippen molar-refractivity contribution in [2.75, 3.05) is 74.6 Å². The van der Waals surface area contributed by atoms with Crippen LogP contribution in [0.25, 0.3) is 11.2 Å². The van der Waals surface area contributed by atoms with Gasteiger partial charge in [0.15, 0.2) is 35.7 Å². The normalized spacial score (nSPS) is 22.6. The summed E-state index contributed by atoms with van der Waals surface area (Å²) in [6, 6.07) is 59.1. The lowest BCUT2D eigenvalue weighted by Crippen LogP contribution is -2.47. The zero-order valence-corrected chi connectivity index (χ0v) is 61.7. The number of rotatable bonds is 30. The van der Waals surface area contributed by atoms with Crippen molar-refractivity contribution >= 4 is 31.5 Å². The molecule has 31 heteroatoms. The molecule has 7 aromatic carbocycles. The summed E-state index contributed by atoms with van der Waals surface area (Å²) in [5, 5.41) is 2.87. The topological polar surface area (TPSA) is 330 Å². The number of benzene rings is 7. The number of nitrogens with zero attached hydrogens (tertiary/aromatic N) is 6. The highest BCUT2D eigenvalue weighted by Crippen LogP contribution is 2.56. The third kappa shape index (κ3) is 15.0. The largest absolute Gasteiger partial charge is 0.497 e. The first-order chi connectivity index (χ1) is 54.2. The Labute approximate surface area is 635 Å². The molecule has 0 radical (unpaired) electrons. The first-order valence-electron chi connectivity index (χ1n) is 35.4. The van der Waals surface area contributed by atoms with Gasteiger partial charge in [0.2, 0.25) is 0 Å². The predicted octanol–water partition coefficient (Wildman–Crippen LogP) is 8.71. The third-order valence-electron chi connectivity index (χ3n) is 19.9. The number of anilines is 1. The monoisotopic (exact) mass is 1530 g/mol. The van der Waals surface area contributed by atoms with Crippen LogP contribution in [0.3, 0.4) is 0 Å². The van der Waals surface area contributed by atoms with E-state index >= 15 is 0 Å². The second-order valence-corrected chi connectivity index (χ2v) is 27.3. The molecule has 4 saturated heterocycles. The van der Waals surface area contributed by atoms with Crippen molar-refractivity contribution in [3.8, 4) is 23.0 Å². The molecule has 4 aliphatic rings. The van der Waals surface area contributed by atoms with Crippen LogP contribution in [-0.2, 0) is 67.4 Å². The molecule has 574 valence electrons. The summed E-state index contributed by atoms with van der Waals surface area (Å²) in [7, 11) is 6.13. The van der Waals surface area contributed by atoms with Crippen molar-refractivity contribution < 1.29 is 79.9 Å². The lowest BCUT2D eigenvalue weighted by Gasteiger charge is -2.41. The molecular weight excluding hydrogens is 1450 g/mol. The van der Waals surface area contributed by atoms with E-state index in [0.29, 0.717) is 61.9 Å². The number of aromatic amines is 2. The van der Waals surface area contributed by atoms with Crippen molar-refractivity contribution in [2.45, 2.75) is 84.8 Å². The summed E-state index contributed by atoms with van der Waals surface area (Å²) in [4.78, 5) is 87.5. The van der Waals surface area contributed by atoms with Gasteiger partial charge in [-0.3, -0.25) is 38.1 Å². The van der Waals surface area contributed by atoms with Crippen LogP contribution in [-0.4, -0.2) is 169 Å². The van der Waals surface area contributed by atoms with E-state index in [4.69, 9.17) is 75.2 Å². The van der Waals surface area contributed by atoms with Crippen molar-refractivity contribution in [3.63, 3.8) is 0 Å². The second kappa shape index (κ2) is 33.3. The molecule has 2 unspecified atom stereocenters. The molecule has 0 spiro atoms. The van der Waals surface area contributed by atoms with Crippen LogP contribution in [0.15, 0.2) is 244 Å². The van der Waals surface area contributed by atoms with Gasteiger partial charge < -0.3 is 80.5 Å². The highest BCUT2D eigenvalue weighted by Gasteiger charge is 2.59. The van der Waals surface area contributed by atoms with Gasteiger partial charge in [0, 0.05) is 44.3 Å². The number of amides is 1. The lowest BCUT2D eigenvalue weighted by atomic mass is 9.79. The maximum Gasteiger partial charge on any atom is 0.333 e. The Balaban J connectivity index is 0.903. The Morgan fingerprint density at radius 2 is 0.883 bits per heavy atom. The van der Waals surface area contributed by atoms with Gasteiger partial charge in [-0.15, -0.1) is 0 Å². The number of ether oxygens (including phenoxy) is 13. The smallest absolute Gasteiger partial charge is 0.333 e. The molecule has 0 aliphatic carbocycles. The average Bonchev–Trinajstić information content (AvgIpc) is 1.72. The number of hydrogen-bond donors (Lipinski definition) is 3. The van der Waals surface area contributed by atoms with Crippen LogP contribution in [0.4, 0.5) is 5.82 Å². The fourth-order valence-corrected chi connectivity index (χ4v) is 16.0. The van der Waals surface area contributed by atoms with Crippen LogP contribution in [0.2, 0.25) is 0 Å². The molecule has 4 fully saturated rings. The molecule has 4 aromatic heterocycles. The first-order valence-corrected chi connectivity index (χ1v) is 36.5. The molecule has 30 nitrogen and oxygen atoms in total. The highest BCUT2D eigenvalue weighted by atomic mass is 31.2. The van der Waals surface area contributed by atoms with Crippen LogP contribution >= 0.6 is 8.60 Å². The minimum absolute atomic E-state index is 0.142. The van der Waals surface area contributed by atoms with Crippen molar-refractivity contribution in [2.24, 2.45) is 0 Å². The van der Waals surface area contributed by atoms with Gasteiger partial charge in [-0.25, -0.2) is 24.5 Å². The Bertz CT molecular complexity index is 4900. The molecule has 11 aromatic rings. The van der Waals surface area contributed by atoms with E-state index < -0.39 is 128 Å². The Hall–Kier alpha value is -10.9. The van der Waals surface area contributed by atoms with Gasteiger partial charge in [-0.1, -0.05) is 127 Å².